The fourth-order valence-corrected chi connectivity index (χ4v) is 6.27. The third-order valence-corrected chi connectivity index (χ3v) is 8.13. The van der Waals surface area contributed by atoms with Gasteiger partial charge in [0.05, 0.1) is 5.41 Å². The summed E-state index contributed by atoms with van der Waals surface area (Å²) >= 11 is 0. The molecule has 0 heterocycles. The van der Waals surface area contributed by atoms with Crippen LogP contribution in [0.15, 0.2) is 115 Å². The first-order valence-electron chi connectivity index (χ1n) is 13.5. The Bertz CT molecular complexity index is 1530. The van der Waals surface area contributed by atoms with Crippen molar-refractivity contribution in [1.29, 1.82) is 0 Å². The van der Waals surface area contributed by atoms with Gasteiger partial charge in [-0.05, 0) is 100 Å². The molecule has 6 rings (SSSR count). The quantitative estimate of drug-likeness (QED) is 0.248. The molecular formula is C36H32O2. The molecule has 0 radical (unpaired) electrons. The van der Waals surface area contributed by atoms with Crippen molar-refractivity contribution in [2.45, 2.75) is 38.0 Å². The highest BCUT2D eigenvalue weighted by Crippen LogP contribution is 2.52. The average molecular weight is 497 g/mol. The van der Waals surface area contributed by atoms with Crippen LogP contribution in [0.2, 0.25) is 0 Å². The van der Waals surface area contributed by atoms with Crippen molar-refractivity contribution >= 4 is 0 Å². The summed E-state index contributed by atoms with van der Waals surface area (Å²) in [6.45, 7) is 2.18. The molecule has 0 amide bonds. The molecule has 0 saturated heterocycles. The second kappa shape index (κ2) is 9.87. The summed E-state index contributed by atoms with van der Waals surface area (Å²) in [6, 6.07) is 39.8. The molecule has 5 aromatic rings. The van der Waals surface area contributed by atoms with Gasteiger partial charge >= 0.3 is 0 Å². The lowest BCUT2D eigenvalue weighted by atomic mass is 9.58. The molecule has 38 heavy (non-hydrogen) atoms. The molecule has 0 unspecified atom stereocenters. The zero-order valence-corrected chi connectivity index (χ0v) is 21.7. The summed E-state index contributed by atoms with van der Waals surface area (Å²) in [7, 11) is 0. The molecule has 0 bridgehead atoms. The molecule has 1 aliphatic carbocycles. The second-order valence-electron chi connectivity index (χ2n) is 10.3. The molecule has 0 aliphatic heterocycles. The van der Waals surface area contributed by atoms with Crippen molar-refractivity contribution in [3.8, 4) is 11.5 Å². The molecule has 2 nitrogen and oxygen atoms in total. The first-order chi connectivity index (χ1) is 18.6. The van der Waals surface area contributed by atoms with E-state index in [-0.39, 0.29) is 11.5 Å². The summed E-state index contributed by atoms with van der Waals surface area (Å²) in [5.74, 6) is 0.533. The van der Waals surface area contributed by atoms with Gasteiger partial charge < -0.3 is 10.2 Å². The molecule has 0 aromatic heterocycles. The molecule has 2 N–H and O–H groups in total. The van der Waals surface area contributed by atoms with E-state index < -0.39 is 5.41 Å². The van der Waals surface area contributed by atoms with Gasteiger partial charge in [-0.2, -0.15) is 0 Å². The van der Waals surface area contributed by atoms with Crippen molar-refractivity contribution in [2.75, 3.05) is 0 Å². The molecule has 1 aliphatic rings. The first-order valence-corrected chi connectivity index (χ1v) is 13.5. The standard InChI is InChI=1S/C36H32O2/c1-2-25-11-13-26(14-12-25)15-16-29-24-32(38)21-22-35(29)36(30-17-19-31(37)20-18-30)33-9-5-3-7-27(33)23-28-8-4-6-10-34(28)36/h3-14,17-22,24,37-38H,2,15-16,23H2,1H3. The van der Waals surface area contributed by atoms with Crippen LogP contribution in [0.5, 0.6) is 11.5 Å². The normalized spacial score (nSPS) is 13.5. The van der Waals surface area contributed by atoms with E-state index in [2.05, 4.69) is 85.8 Å². The van der Waals surface area contributed by atoms with Gasteiger partial charge in [0, 0.05) is 0 Å². The number of fused-ring (bicyclic) bond motifs is 2. The number of rotatable bonds is 6. The maximum atomic E-state index is 10.6. The molecule has 5 aromatic carbocycles. The molecule has 0 fully saturated rings. The van der Waals surface area contributed by atoms with E-state index in [1.165, 1.54) is 38.9 Å². The van der Waals surface area contributed by atoms with Crippen molar-refractivity contribution in [2.24, 2.45) is 0 Å². The Labute approximate surface area is 224 Å². The van der Waals surface area contributed by atoms with Gasteiger partial charge in [0.25, 0.3) is 0 Å². The third-order valence-electron chi connectivity index (χ3n) is 8.13. The van der Waals surface area contributed by atoms with Crippen LogP contribution in [0.1, 0.15) is 57.0 Å². The molecule has 0 saturated carbocycles. The van der Waals surface area contributed by atoms with Gasteiger partial charge in [0.1, 0.15) is 11.5 Å². The van der Waals surface area contributed by atoms with Crippen LogP contribution < -0.4 is 0 Å². The van der Waals surface area contributed by atoms with Crippen LogP contribution in [0, 0.1) is 0 Å². The Morgan fingerprint density at radius 2 is 1.16 bits per heavy atom. The van der Waals surface area contributed by atoms with Gasteiger partial charge in [-0.15, -0.1) is 0 Å². The number of hydrogen-bond acceptors (Lipinski definition) is 2. The summed E-state index contributed by atoms with van der Waals surface area (Å²) in [6.07, 6.45) is 3.60. The maximum absolute atomic E-state index is 10.6. The number of phenols is 2. The van der Waals surface area contributed by atoms with E-state index >= 15 is 0 Å². The zero-order chi connectivity index (χ0) is 26.1. The van der Waals surface area contributed by atoms with Gasteiger partial charge in [-0.1, -0.05) is 97.9 Å². The van der Waals surface area contributed by atoms with Crippen molar-refractivity contribution in [3.05, 3.63) is 165 Å². The summed E-state index contributed by atoms with van der Waals surface area (Å²) < 4.78 is 0. The van der Waals surface area contributed by atoms with Crippen LogP contribution in [-0.2, 0) is 31.1 Å². The molecule has 0 spiro atoms. The third kappa shape index (κ3) is 4.07. The Hall–Kier alpha value is -4.30. The van der Waals surface area contributed by atoms with Crippen molar-refractivity contribution in [3.63, 3.8) is 0 Å². The number of benzene rings is 5. The Kier molecular flexibility index (Phi) is 6.25. The topological polar surface area (TPSA) is 40.5 Å². The van der Waals surface area contributed by atoms with Crippen molar-refractivity contribution < 1.29 is 10.2 Å². The van der Waals surface area contributed by atoms with Gasteiger partial charge in [0.15, 0.2) is 0 Å². The minimum absolute atomic E-state index is 0.253. The lowest BCUT2D eigenvalue weighted by molar-refractivity contribution is 0.473. The number of aryl methyl sites for hydroxylation is 3. The Morgan fingerprint density at radius 3 is 1.79 bits per heavy atom. The van der Waals surface area contributed by atoms with E-state index in [0.717, 1.165) is 36.8 Å². The highest BCUT2D eigenvalue weighted by Gasteiger charge is 2.44. The molecular weight excluding hydrogens is 464 g/mol. The van der Waals surface area contributed by atoms with E-state index in [4.69, 9.17) is 0 Å². The van der Waals surface area contributed by atoms with Crippen molar-refractivity contribution in [1.82, 2.24) is 0 Å². The van der Waals surface area contributed by atoms with Gasteiger partial charge in [-0.25, -0.2) is 0 Å². The molecule has 188 valence electrons. The SMILES string of the molecule is CCc1ccc(CCc2cc(O)ccc2C2(c3ccc(O)cc3)c3ccccc3Cc3ccccc32)cc1. The molecule has 2 heteroatoms. The van der Waals surface area contributed by atoms with Gasteiger partial charge in [-0.3, -0.25) is 0 Å². The van der Waals surface area contributed by atoms with Gasteiger partial charge in [0.2, 0.25) is 0 Å². The predicted octanol–water partition coefficient (Wildman–Crippen LogP) is 7.73. The minimum atomic E-state index is -0.575. The zero-order valence-electron chi connectivity index (χ0n) is 21.7. The van der Waals surface area contributed by atoms with Crippen LogP contribution in [-0.4, -0.2) is 10.2 Å². The Balaban J connectivity index is 1.60. The van der Waals surface area contributed by atoms with E-state index in [1.54, 1.807) is 12.1 Å². The Morgan fingerprint density at radius 1 is 0.579 bits per heavy atom. The van der Waals surface area contributed by atoms with E-state index in [0.29, 0.717) is 0 Å². The lowest BCUT2D eigenvalue weighted by Gasteiger charge is -2.43. The van der Waals surface area contributed by atoms with E-state index in [1.807, 2.05) is 24.3 Å². The smallest absolute Gasteiger partial charge is 0.115 e. The number of hydrogen-bond donors (Lipinski definition) is 2. The van der Waals surface area contributed by atoms with E-state index in [9.17, 15) is 10.2 Å². The minimum Gasteiger partial charge on any atom is -0.508 e. The highest BCUT2D eigenvalue weighted by molar-refractivity contribution is 5.68. The van der Waals surface area contributed by atoms with Crippen LogP contribution >= 0.6 is 0 Å². The monoisotopic (exact) mass is 496 g/mol. The highest BCUT2D eigenvalue weighted by atomic mass is 16.3. The van der Waals surface area contributed by atoms with Crippen LogP contribution in [0.25, 0.3) is 0 Å². The second-order valence-corrected chi connectivity index (χ2v) is 10.3. The lowest BCUT2D eigenvalue weighted by Crippen LogP contribution is -2.37. The predicted molar refractivity (Wildman–Crippen MR) is 154 cm³/mol. The summed E-state index contributed by atoms with van der Waals surface area (Å²) in [5.41, 5.74) is 10.6. The van der Waals surface area contributed by atoms with Crippen LogP contribution in [0.4, 0.5) is 0 Å². The maximum Gasteiger partial charge on any atom is 0.115 e. The number of aromatic hydroxyl groups is 2. The fraction of sp³-hybridized carbons (Fsp3) is 0.167. The molecule has 0 atom stereocenters. The van der Waals surface area contributed by atoms with Crippen LogP contribution in [0.3, 0.4) is 0 Å². The fourth-order valence-electron chi connectivity index (χ4n) is 6.27. The summed E-state index contributed by atoms with van der Waals surface area (Å²) in [5, 5.41) is 20.9. The largest absolute Gasteiger partial charge is 0.508 e. The first kappa shape index (κ1) is 24.1. The summed E-state index contributed by atoms with van der Waals surface area (Å²) in [4.78, 5) is 0. The average Bonchev–Trinajstić information content (AvgIpc) is 2.96. The number of phenolic OH excluding ortho intramolecular Hbond substituents is 2.